The van der Waals surface area contributed by atoms with Crippen molar-refractivity contribution in [2.24, 2.45) is 0 Å². The van der Waals surface area contributed by atoms with E-state index in [1.54, 1.807) is 0 Å². The molecule has 2 aliphatic rings. The Kier molecular flexibility index (Phi) is 3.13. The highest BCUT2D eigenvalue weighted by atomic mass is 14.2. The first-order chi connectivity index (χ1) is 9.25. The van der Waals surface area contributed by atoms with Gasteiger partial charge in [0.15, 0.2) is 0 Å². The lowest BCUT2D eigenvalue weighted by Crippen LogP contribution is -2.05. The van der Waals surface area contributed by atoms with Crippen molar-refractivity contribution >= 4 is 6.08 Å². The van der Waals surface area contributed by atoms with Gasteiger partial charge in [0, 0.05) is 12.0 Å². The summed E-state index contributed by atoms with van der Waals surface area (Å²) >= 11 is 0. The zero-order chi connectivity index (χ0) is 13.2. The van der Waals surface area contributed by atoms with E-state index in [1.165, 1.54) is 27.8 Å². The number of allylic oxidation sites excluding steroid dienone is 5. The van der Waals surface area contributed by atoms with E-state index < -0.39 is 0 Å². The summed E-state index contributed by atoms with van der Waals surface area (Å²) < 4.78 is 0. The van der Waals surface area contributed by atoms with Crippen LogP contribution in [0.2, 0.25) is 0 Å². The highest BCUT2D eigenvalue weighted by Gasteiger charge is 2.16. The second-order valence-corrected chi connectivity index (χ2v) is 5.44. The van der Waals surface area contributed by atoms with Gasteiger partial charge in [0.05, 0.1) is 0 Å². The molecule has 0 N–H and O–H groups in total. The summed E-state index contributed by atoms with van der Waals surface area (Å²) in [5, 5.41) is 0. The van der Waals surface area contributed by atoms with Gasteiger partial charge in [-0.15, -0.1) is 0 Å². The van der Waals surface area contributed by atoms with E-state index >= 15 is 0 Å². The van der Waals surface area contributed by atoms with E-state index in [9.17, 15) is 0 Å². The van der Waals surface area contributed by atoms with E-state index in [0.717, 1.165) is 12.8 Å². The minimum atomic E-state index is 0.520. The molecule has 0 fully saturated rings. The van der Waals surface area contributed by atoms with Gasteiger partial charge in [0.2, 0.25) is 0 Å². The Balaban J connectivity index is 2.26. The Labute approximate surface area is 115 Å². The molecule has 1 aromatic rings. The van der Waals surface area contributed by atoms with Crippen LogP contribution in [0.4, 0.5) is 0 Å². The van der Waals surface area contributed by atoms with Crippen LogP contribution in [0, 0.1) is 11.8 Å². The molecule has 0 amide bonds. The molecule has 0 radical (unpaired) electrons. The van der Waals surface area contributed by atoms with Gasteiger partial charge in [-0.1, -0.05) is 68.2 Å². The number of rotatable bonds is 1. The molecule has 0 nitrogen and oxygen atoms in total. The van der Waals surface area contributed by atoms with Crippen molar-refractivity contribution in [3.8, 4) is 11.8 Å². The van der Waals surface area contributed by atoms with Crippen molar-refractivity contribution in [2.45, 2.75) is 32.6 Å². The smallest absolute Gasteiger partial charge is 0.0321 e. The van der Waals surface area contributed by atoms with Crippen LogP contribution in [0.1, 0.15) is 48.4 Å². The standard InChI is InChI=1S/C19H18/c1-14(2)17-12-11-16-10-9-15-7-5-3-4-6-8-18(17)19(16)13-15/h3,5,7,9-12,14H,4,13H2,1-2H3/b5-3-,15-7-. The predicted molar refractivity (Wildman–Crippen MR) is 82.0 cm³/mol. The van der Waals surface area contributed by atoms with E-state index in [1.807, 2.05) is 0 Å². The Morgan fingerprint density at radius 2 is 2.05 bits per heavy atom. The zero-order valence-electron chi connectivity index (χ0n) is 11.5. The van der Waals surface area contributed by atoms with Crippen molar-refractivity contribution in [2.75, 3.05) is 0 Å². The van der Waals surface area contributed by atoms with Crippen LogP contribution in [-0.4, -0.2) is 0 Å². The largest absolute Gasteiger partial charge is 0.0937 e. The maximum atomic E-state index is 3.42. The first-order valence-corrected chi connectivity index (χ1v) is 6.94. The van der Waals surface area contributed by atoms with Gasteiger partial charge in [-0.25, -0.2) is 0 Å². The van der Waals surface area contributed by atoms with E-state index in [-0.39, 0.29) is 0 Å². The van der Waals surface area contributed by atoms with Gasteiger partial charge in [-0.2, -0.15) is 0 Å². The zero-order valence-corrected chi connectivity index (χ0v) is 11.5. The van der Waals surface area contributed by atoms with Crippen LogP contribution in [0.25, 0.3) is 6.08 Å². The number of hydrogen-bond donors (Lipinski definition) is 0. The molecule has 0 spiro atoms. The molecule has 19 heavy (non-hydrogen) atoms. The van der Waals surface area contributed by atoms with Gasteiger partial charge in [0.1, 0.15) is 0 Å². The van der Waals surface area contributed by atoms with Crippen molar-refractivity contribution in [1.82, 2.24) is 0 Å². The van der Waals surface area contributed by atoms with Gasteiger partial charge in [0.25, 0.3) is 0 Å². The molecule has 0 aliphatic heterocycles. The summed E-state index contributed by atoms with van der Waals surface area (Å²) in [4.78, 5) is 0. The molecular weight excluding hydrogens is 228 g/mol. The van der Waals surface area contributed by atoms with Crippen molar-refractivity contribution in [1.29, 1.82) is 0 Å². The van der Waals surface area contributed by atoms with Gasteiger partial charge in [-0.05, 0) is 34.6 Å². The lowest BCUT2D eigenvalue weighted by molar-refractivity contribution is 0.858. The van der Waals surface area contributed by atoms with Crippen LogP contribution in [-0.2, 0) is 6.42 Å². The molecule has 1 aromatic carbocycles. The molecule has 94 valence electrons. The molecule has 0 heteroatoms. The van der Waals surface area contributed by atoms with Crippen LogP contribution >= 0.6 is 0 Å². The highest BCUT2D eigenvalue weighted by molar-refractivity contribution is 5.68. The maximum Gasteiger partial charge on any atom is 0.0321 e. The summed E-state index contributed by atoms with van der Waals surface area (Å²) in [6.07, 6.45) is 12.7. The Hall–Kier alpha value is -2.00. The Bertz CT molecular complexity index is 655. The molecule has 0 aromatic heterocycles. The molecular formula is C19H18. The van der Waals surface area contributed by atoms with Gasteiger partial charge >= 0.3 is 0 Å². The fourth-order valence-electron chi connectivity index (χ4n) is 2.69. The van der Waals surface area contributed by atoms with Crippen LogP contribution in [0.3, 0.4) is 0 Å². The first kappa shape index (κ1) is 12.1. The van der Waals surface area contributed by atoms with E-state index in [2.05, 4.69) is 68.2 Å². The molecule has 0 unspecified atom stereocenters. The van der Waals surface area contributed by atoms with Gasteiger partial charge in [-0.3, -0.25) is 0 Å². The summed E-state index contributed by atoms with van der Waals surface area (Å²) in [6, 6.07) is 4.49. The van der Waals surface area contributed by atoms with Gasteiger partial charge < -0.3 is 0 Å². The monoisotopic (exact) mass is 246 g/mol. The third-order valence-corrected chi connectivity index (χ3v) is 3.74. The van der Waals surface area contributed by atoms with Crippen molar-refractivity contribution in [3.63, 3.8) is 0 Å². The number of benzene rings is 1. The second-order valence-electron chi connectivity index (χ2n) is 5.44. The molecule has 0 atom stereocenters. The van der Waals surface area contributed by atoms with Crippen LogP contribution < -0.4 is 0 Å². The SMILES string of the molecule is CC(C)c1ccc2c3c1C#CC/C=C\C=C(\C=C2)C3. The molecule has 0 saturated carbocycles. The summed E-state index contributed by atoms with van der Waals surface area (Å²) in [5.41, 5.74) is 6.75. The van der Waals surface area contributed by atoms with Crippen molar-refractivity contribution in [3.05, 3.63) is 64.3 Å². The Morgan fingerprint density at radius 3 is 2.89 bits per heavy atom. The third-order valence-electron chi connectivity index (χ3n) is 3.74. The Morgan fingerprint density at radius 1 is 1.16 bits per heavy atom. The molecule has 0 heterocycles. The summed E-state index contributed by atoms with van der Waals surface area (Å²) in [6.45, 7) is 4.49. The molecule has 3 rings (SSSR count). The minimum absolute atomic E-state index is 0.520. The minimum Gasteiger partial charge on any atom is -0.0937 e. The van der Waals surface area contributed by atoms with Crippen molar-refractivity contribution < 1.29 is 0 Å². The van der Waals surface area contributed by atoms with Crippen LogP contribution in [0.5, 0.6) is 0 Å². The van der Waals surface area contributed by atoms with Crippen LogP contribution in [0.15, 0.2) is 42.0 Å². The quantitative estimate of drug-likeness (QED) is 0.634. The lowest BCUT2D eigenvalue weighted by Gasteiger charge is -2.19. The second kappa shape index (κ2) is 4.94. The fraction of sp³-hybridized carbons (Fsp3) is 0.263. The molecule has 0 saturated heterocycles. The maximum absolute atomic E-state index is 3.42. The third kappa shape index (κ3) is 2.29. The molecule has 2 bridgehead atoms. The lowest BCUT2D eigenvalue weighted by atomic mass is 9.84. The average molecular weight is 246 g/mol. The molecule has 2 aliphatic carbocycles. The normalized spacial score (nSPS) is 20.3. The van der Waals surface area contributed by atoms with E-state index in [0.29, 0.717) is 5.92 Å². The predicted octanol–water partition coefficient (Wildman–Crippen LogP) is 4.62. The number of fused-ring (bicyclic) bond motifs is 1. The number of hydrogen-bond acceptors (Lipinski definition) is 0. The topological polar surface area (TPSA) is 0 Å². The first-order valence-electron chi connectivity index (χ1n) is 6.94. The summed E-state index contributed by atoms with van der Waals surface area (Å²) in [7, 11) is 0. The fourth-order valence-corrected chi connectivity index (χ4v) is 2.69. The summed E-state index contributed by atoms with van der Waals surface area (Å²) in [5.74, 6) is 7.22. The highest BCUT2D eigenvalue weighted by Crippen LogP contribution is 2.31. The van der Waals surface area contributed by atoms with E-state index in [4.69, 9.17) is 0 Å². The average Bonchev–Trinajstić information content (AvgIpc) is 2.42.